The molecule has 8 nitrogen and oxygen atoms in total. The van der Waals surface area contributed by atoms with E-state index in [0.29, 0.717) is 28.8 Å². The smallest absolute Gasteiger partial charge is 0.258 e. The van der Waals surface area contributed by atoms with Gasteiger partial charge in [0.15, 0.2) is 0 Å². The largest absolute Gasteiger partial charge is 0.497 e. The second kappa shape index (κ2) is 8.07. The summed E-state index contributed by atoms with van der Waals surface area (Å²) in [5.41, 5.74) is 4.29. The zero-order valence-electron chi connectivity index (χ0n) is 17.7. The summed E-state index contributed by atoms with van der Waals surface area (Å²) in [5.74, 6) is 3.71. The number of methoxy groups -OCH3 is 3. The van der Waals surface area contributed by atoms with Crippen molar-refractivity contribution in [1.82, 2.24) is 20.1 Å². The Labute approximate surface area is 183 Å². The molecule has 2 heterocycles. The zero-order chi connectivity index (χ0) is 22.1. The van der Waals surface area contributed by atoms with Gasteiger partial charge < -0.3 is 23.7 Å². The number of H-pyrrole nitrogens is 1. The van der Waals surface area contributed by atoms with Crippen molar-refractivity contribution in [1.29, 1.82) is 0 Å². The molecular weight excluding hydrogens is 408 g/mol. The molecule has 0 aliphatic carbocycles. The van der Waals surface area contributed by atoms with Crippen molar-refractivity contribution in [3.8, 4) is 51.5 Å². The topological polar surface area (TPSA) is 95.3 Å². The van der Waals surface area contributed by atoms with E-state index < -0.39 is 0 Å². The van der Waals surface area contributed by atoms with Crippen LogP contribution in [0.3, 0.4) is 0 Å². The van der Waals surface area contributed by atoms with Gasteiger partial charge in [0.05, 0.1) is 32.4 Å². The third kappa shape index (κ3) is 3.62. The van der Waals surface area contributed by atoms with Crippen molar-refractivity contribution in [2.45, 2.75) is 0 Å². The highest BCUT2D eigenvalue weighted by Crippen LogP contribution is 2.31. The third-order valence-corrected chi connectivity index (χ3v) is 5.13. The number of nitrogens with zero attached hydrogens (tertiary/aromatic N) is 3. The van der Waals surface area contributed by atoms with E-state index >= 15 is 0 Å². The molecule has 0 spiro atoms. The van der Waals surface area contributed by atoms with E-state index in [-0.39, 0.29) is 0 Å². The van der Waals surface area contributed by atoms with E-state index in [9.17, 15) is 0 Å². The number of aromatic amines is 1. The Morgan fingerprint density at radius 3 is 2.06 bits per heavy atom. The molecule has 5 aromatic rings. The second-order valence-electron chi connectivity index (χ2n) is 7.07. The van der Waals surface area contributed by atoms with Gasteiger partial charge in [0.25, 0.3) is 5.89 Å². The zero-order valence-corrected chi connectivity index (χ0v) is 17.7. The van der Waals surface area contributed by atoms with Gasteiger partial charge in [0, 0.05) is 28.8 Å². The Kier molecular flexibility index (Phi) is 4.95. The van der Waals surface area contributed by atoms with Crippen LogP contribution in [0.15, 0.2) is 65.2 Å². The molecule has 0 unspecified atom stereocenters. The van der Waals surface area contributed by atoms with Crippen LogP contribution in [0.25, 0.3) is 45.3 Å². The molecule has 0 aliphatic rings. The molecule has 160 valence electrons. The summed E-state index contributed by atoms with van der Waals surface area (Å²) in [6.45, 7) is 0. The molecule has 0 atom stereocenters. The van der Waals surface area contributed by atoms with E-state index in [0.717, 1.165) is 33.7 Å². The first-order chi connectivity index (χ1) is 15.7. The summed E-state index contributed by atoms with van der Waals surface area (Å²) in [6, 6.07) is 19.0. The first-order valence-corrected chi connectivity index (χ1v) is 9.88. The Bertz CT molecular complexity index is 1370. The molecule has 0 aliphatic heterocycles. The van der Waals surface area contributed by atoms with E-state index in [2.05, 4.69) is 20.1 Å². The van der Waals surface area contributed by atoms with Gasteiger partial charge in [0.2, 0.25) is 5.82 Å². The van der Waals surface area contributed by atoms with E-state index in [1.807, 2.05) is 54.6 Å². The molecule has 0 radical (unpaired) electrons. The predicted molar refractivity (Wildman–Crippen MR) is 120 cm³/mol. The summed E-state index contributed by atoms with van der Waals surface area (Å²) in [6.07, 6.45) is 0. The molecule has 8 heteroatoms. The van der Waals surface area contributed by atoms with Gasteiger partial charge in [-0.2, -0.15) is 4.98 Å². The number of imidazole rings is 1. The lowest BCUT2D eigenvalue weighted by molar-refractivity contribution is 0.393. The third-order valence-electron chi connectivity index (χ3n) is 5.13. The Morgan fingerprint density at radius 2 is 1.38 bits per heavy atom. The van der Waals surface area contributed by atoms with Crippen LogP contribution in [-0.4, -0.2) is 41.4 Å². The number of rotatable bonds is 6. The highest BCUT2D eigenvalue weighted by molar-refractivity contribution is 5.81. The molecule has 0 saturated carbocycles. The maximum absolute atomic E-state index is 5.48. The van der Waals surface area contributed by atoms with Gasteiger partial charge >= 0.3 is 0 Å². The van der Waals surface area contributed by atoms with Gasteiger partial charge in [0.1, 0.15) is 23.1 Å². The lowest BCUT2D eigenvalue weighted by Gasteiger charge is -2.05. The fourth-order valence-electron chi connectivity index (χ4n) is 3.42. The average molecular weight is 428 g/mol. The normalized spacial score (nSPS) is 11.0. The monoisotopic (exact) mass is 428 g/mol. The van der Waals surface area contributed by atoms with Crippen molar-refractivity contribution in [3.05, 3.63) is 60.7 Å². The Balaban J connectivity index is 1.42. The van der Waals surface area contributed by atoms with E-state index in [1.165, 1.54) is 0 Å². The fourth-order valence-corrected chi connectivity index (χ4v) is 3.42. The average Bonchev–Trinajstić information content (AvgIpc) is 3.51. The molecule has 0 amide bonds. The number of benzene rings is 3. The lowest BCUT2D eigenvalue weighted by atomic mass is 10.1. The van der Waals surface area contributed by atoms with Crippen molar-refractivity contribution in [2.24, 2.45) is 0 Å². The van der Waals surface area contributed by atoms with Crippen LogP contribution in [0.5, 0.6) is 17.2 Å². The quantitative estimate of drug-likeness (QED) is 0.408. The minimum Gasteiger partial charge on any atom is -0.497 e. The van der Waals surface area contributed by atoms with Gasteiger partial charge in [-0.15, -0.1) is 0 Å². The molecule has 0 saturated heterocycles. The molecule has 5 rings (SSSR count). The van der Waals surface area contributed by atoms with E-state index in [1.54, 1.807) is 27.4 Å². The Hall–Kier alpha value is -4.33. The number of hydrogen-bond acceptors (Lipinski definition) is 7. The van der Waals surface area contributed by atoms with Crippen LogP contribution in [0.2, 0.25) is 0 Å². The van der Waals surface area contributed by atoms with Gasteiger partial charge in [-0.05, 0) is 24.3 Å². The second-order valence-corrected chi connectivity index (χ2v) is 7.07. The highest BCUT2D eigenvalue weighted by Gasteiger charge is 2.14. The van der Waals surface area contributed by atoms with Crippen LogP contribution in [-0.2, 0) is 0 Å². The first kappa shape index (κ1) is 19.6. The number of aromatic nitrogens is 4. The summed E-state index contributed by atoms with van der Waals surface area (Å²) in [5, 5.41) is 4.12. The summed E-state index contributed by atoms with van der Waals surface area (Å²) in [4.78, 5) is 12.5. The van der Waals surface area contributed by atoms with Gasteiger partial charge in [-0.3, -0.25) is 0 Å². The van der Waals surface area contributed by atoms with Gasteiger partial charge in [-0.25, -0.2) is 4.98 Å². The number of nitrogens with one attached hydrogen (secondary N) is 1. The SMILES string of the molecule is COc1cc(OC)cc(-c2nc(-c3ccc(-c4nc5cc(OC)ccc5[nH]4)cc3)no2)c1. The number of ether oxygens (including phenoxy) is 3. The van der Waals surface area contributed by atoms with Crippen molar-refractivity contribution < 1.29 is 18.7 Å². The van der Waals surface area contributed by atoms with E-state index in [4.69, 9.17) is 18.7 Å². The molecule has 32 heavy (non-hydrogen) atoms. The predicted octanol–water partition coefficient (Wildman–Crippen LogP) is 4.97. The first-order valence-electron chi connectivity index (χ1n) is 9.88. The van der Waals surface area contributed by atoms with Crippen LogP contribution < -0.4 is 14.2 Å². The molecular formula is C24H20N4O4. The van der Waals surface area contributed by atoms with Crippen LogP contribution in [0.4, 0.5) is 0 Å². The van der Waals surface area contributed by atoms with Crippen LogP contribution >= 0.6 is 0 Å². The molecule has 1 N–H and O–H groups in total. The van der Waals surface area contributed by atoms with Crippen LogP contribution in [0, 0.1) is 0 Å². The number of hydrogen-bond donors (Lipinski definition) is 1. The lowest BCUT2D eigenvalue weighted by Crippen LogP contribution is -1.89. The molecule has 0 fully saturated rings. The maximum Gasteiger partial charge on any atom is 0.258 e. The summed E-state index contributed by atoms with van der Waals surface area (Å²) < 4.78 is 21.4. The summed E-state index contributed by atoms with van der Waals surface area (Å²) >= 11 is 0. The molecule has 0 bridgehead atoms. The van der Waals surface area contributed by atoms with Crippen molar-refractivity contribution >= 4 is 11.0 Å². The summed E-state index contributed by atoms with van der Waals surface area (Å²) in [7, 11) is 4.83. The van der Waals surface area contributed by atoms with Crippen LogP contribution in [0.1, 0.15) is 0 Å². The fraction of sp³-hybridized carbons (Fsp3) is 0.125. The standard InChI is InChI=1S/C24H20N4O4/c1-29-17-8-9-20-21(13-17)26-22(25-20)14-4-6-15(7-5-14)23-27-24(32-28-23)16-10-18(30-2)12-19(11-16)31-3/h4-13H,1-3H3,(H,25,26). The minimum atomic E-state index is 0.382. The molecule has 2 aromatic heterocycles. The van der Waals surface area contributed by atoms with Gasteiger partial charge in [-0.1, -0.05) is 29.4 Å². The van der Waals surface area contributed by atoms with Crippen molar-refractivity contribution in [2.75, 3.05) is 21.3 Å². The Morgan fingerprint density at radius 1 is 0.688 bits per heavy atom. The maximum atomic E-state index is 5.48. The van der Waals surface area contributed by atoms with Crippen molar-refractivity contribution in [3.63, 3.8) is 0 Å². The minimum absolute atomic E-state index is 0.382. The highest BCUT2D eigenvalue weighted by atomic mass is 16.5. The molecule has 3 aromatic carbocycles. The number of fused-ring (bicyclic) bond motifs is 1.